The molecule has 0 saturated heterocycles. The molecule has 2 aromatic rings. The highest BCUT2D eigenvalue weighted by molar-refractivity contribution is 8.77. The third-order valence-corrected chi connectivity index (χ3v) is 10.6. The van der Waals surface area contributed by atoms with Crippen molar-refractivity contribution in [2.24, 2.45) is 0 Å². The predicted molar refractivity (Wildman–Crippen MR) is 211 cm³/mol. The Hall–Kier alpha value is -3.96. The first-order chi connectivity index (χ1) is 25.3. The molecule has 3 amide bonds. The first kappa shape index (κ1) is 47.1. The van der Waals surface area contributed by atoms with Crippen molar-refractivity contribution in [3.63, 3.8) is 0 Å². The quantitative estimate of drug-likeness (QED) is 0.0281. The number of nitrogens with zero attached hydrogens (tertiary/aromatic N) is 3. The lowest BCUT2D eigenvalue weighted by atomic mass is 10.1. The summed E-state index contributed by atoms with van der Waals surface area (Å²) in [6.45, 7) is 18.7. The van der Waals surface area contributed by atoms with Crippen LogP contribution in [0.5, 0.6) is 11.5 Å². The van der Waals surface area contributed by atoms with Crippen LogP contribution < -0.4 is 20.1 Å². The fraction of sp³-hybridized carbons (Fsp3) is 0.514. The number of nitrogens with one attached hydrogen (secondary N) is 2. The number of rotatable bonds is 20. The van der Waals surface area contributed by atoms with Crippen molar-refractivity contribution in [2.45, 2.75) is 72.2 Å². The molecule has 2 N–H and O–H groups in total. The Morgan fingerprint density at radius 2 is 1.43 bits per heavy atom. The summed E-state index contributed by atoms with van der Waals surface area (Å²) in [6, 6.07) is 11.9. The van der Waals surface area contributed by atoms with Crippen LogP contribution in [0.15, 0.2) is 60.7 Å². The normalized spacial score (nSPS) is 12.1. The monoisotopic (exact) mass is 777 g/mol. The van der Waals surface area contributed by atoms with Crippen LogP contribution in [0.2, 0.25) is 0 Å². The molecule has 1 heterocycles. The van der Waals surface area contributed by atoms with Crippen molar-refractivity contribution in [2.75, 3.05) is 52.3 Å². The lowest BCUT2D eigenvalue weighted by Crippen LogP contribution is -2.42. The van der Waals surface area contributed by atoms with E-state index >= 15 is 0 Å². The molecule has 0 saturated carbocycles. The molecule has 0 spiro atoms. The number of hydrogen-bond donors (Lipinski definition) is 2. The molecule has 1 aliphatic rings. The van der Waals surface area contributed by atoms with Crippen molar-refractivity contribution < 1.29 is 38.3 Å². The van der Waals surface area contributed by atoms with Crippen molar-refractivity contribution >= 4 is 51.2 Å². The highest BCUT2D eigenvalue weighted by atomic mass is 33.1. The predicted octanol–water partition coefficient (Wildman–Crippen LogP) is 6.59. The average molecular weight is 778 g/mol. The summed E-state index contributed by atoms with van der Waals surface area (Å²) in [5.74, 6) is 0.530. The number of imide groups is 1. The standard InChI is InChI=1S/C16H27N3O3S2.C15H13NO6.C6H15N/c1-4-5-8-17-9-10-23-24-16(2,3)11-13(20)18-12-19-14(21)6-7-15(19)22;1-20-10-11-2-6-13(7-3-11)21-15(17)22-14-8-4-12(5-9-14)16(18)19;1-4-7(5-2)6-3/h6-7,17H,4-5,8-12H2,1-3H3,(H,18,20);2-9H,10H2,1H3;4-6H2,1-3H3. The van der Waals surface area contributed by atoms with Crippen molar-refractivity contribution in [3.8, 4) is 11.5 Å². The summed E-state index contributed by atoms with van der Waals surface area (Å²) in [5, 5.41) is 16.5. The summed E-state index contributed by atoms with van der Waals surface area (Å²) in [7, 11) is 5.03. The van der Waals surface area contributed by atoms with Crippen LogP contribution in [0.25, 0.3) is 0 Å². The van der Waals surface area contributed by atoms with E-state index in [9.17, 15) is 29.3 Å². The molecule has 0 atom stereocenters. The SMILES string of the molecule is CCCCNCCSSC(C)(C)CC(=O)NCN1C(=O)C=CC1=O.CCN(CC)CC.COCc1ccc(OC(=O)Oc2ccc([N+](=O)[O-])cc2)cc1. The topological polar surface area (TPSA) is 170 Å². The van der Waals surface area contributed by atoms with E-state index in [1.165, 1.54) is 68.9 Å². The van der Waals surface area contributed by atoms with Crippen molar-refractivity contribution in [1.82, 2.24) is 20.4 Å². The molecule has 53 heavy (non-hydrogen) atoms. The van der Waals surface area contributed by atoms with Gasteiger partial charge in [-0.25, -0.2) is 4.79 Å². The molecule has 0 aromatic heterocycles. The van der Waals surface area contributed by atoms with Crippen LogP contribution in [0.4, 0.5) is 10.5 Å². The van der Waals surface area contributed by atoms with Crippen LogP contribution in [-0.2, 0) is 25.7 Å². The molecule has 14 nitrogen and oxygen atoms in total. The van der Waals surface area contributed by atoms with E-state index in [-0.39, 0.29) is 40.6 Å². The summed E-state index contributed by atoms with van der Waals surface area (Å²) >= 11 is 0. The highest BCUT2D eigenvalue weighted by Gasteiger charge is 2.26. The van der Waals surface area contributed by atoms with E-state index < -0.39 is 11.1 Å². The van der Waals surface area contributed by atoms with E-state index in [0.29, 0.717) is 18.8 Å². The minimum atomic E-state index is -0.923. The molecule has 294 valence electrons. The minimum Gasteiger partial charge on any atom is -0.395 e. The van der Waals surface area contributed by atoms with Gasteiger partial charge in [-0.3, -0.25) is 29.4 Å². The number of amides is 3. The van der Waals surface area contributed by atoms with E-state index in [1.807, 2.05) is 13.8 Å². The fourth-order valence-corrected chi connectivity index (χ4v) is 6.77. The van der Waals surface area contributed by atoms with Gasteiger partial charge in [0.05, 0.1) is 11.5 Å². The van der Waals surface area contributed by atoms with E-state index in [1.54, 1.807) is 53.0 Å². The van der Waals surface area contributed by atoms with Crippen molar-refractivity contribution in [1.29, 1.82) is 0 Å². The summed E-state index contributed by atoms with van der Waals surface area (Å²) < 4.78 is 14.7. The second kappa shape index (κ2) is 26.7. The Morgan fingerprint density at radius 1 is 0.887 bits per heavy atom. The summed E-state index contributed by atoms with van der Waals surface area (Å²) in [6.07, 6.45) is 4.22. The van der Waals surface area contributed by atoms with Crippen LogP contribution in [0.3, 0.4) is 0 Å². The molecule has 16 heteroatoms. The molecule has 0 radical (unpaired) electrons. The lowest BCUT2D eigenvalue weighted by molar-refractivity contribution is -0.384. The van der Waals surface area contributed by atoms with Crippen LogP contribution >= 0.6 is 21.6 Å². The van der Waals surface area contributed by atoms with Gasteiger partial charge in [-0.15, -0.1) is 0 Å². The number of ether oxygens (including phenoxy) is 3. The first-order valence-electron chi connectivity index (χ1n) is 17.5. The smallest absolute Gasteiger partial charge is 0.395 e. The largest absolute Gasteiger partial charge is 0.519 e. The zero-order valence-corrected chi connectivity index (χ0v) is 33.5. The highest BCUT2D eigenvalue weighted by Crippen LogP contribution is 2.37. The maximum atomic E-state index is 12.0. The van der Waals surface area contributed by atoms with E-state index in [0.717, 1.165) is 29.3 Å². The zero-order valence-electron chi connectivity index (χ0n) is 31.9. The van der Waals surface area contributed by atoms with Gasteiger partial charge in [-0.2, -0.15) is 0 Å². The number of unbranched alkanes of at least 4 members (excludes halogenated alkanes) is 1. The van der Waals surface area contributed by atoms with Crippen LogP contribution in [-0.4, -0.2) is 95.6 Å². The number of carbonyl (C=O) groups excluding carboxylic acids is 4. The molecular formula is C37H55N5O9S2. The third-order valence-electron chi connectivity index (χ3n) is 7.30. The van der Waals surface area contributed by atoms with Gasteiger partial charge in [0.2, 0.25) is 5.91 Å². The number of hydrogen-bond acceptors (Lipinski definition) is 13. The number of nitro groups is 1. The fourth-order valence-electron chi connectivity index (χ4n) is 4.32. The number of carbonyl (C=O) groups is 4. The summed E-state index contributed by atoms with van der Waals surface area (Å²) in [5.41, 5.74) is 0.855. The molecule has 0 aliphatic carbocycles. The molecule has 3 rings (SSSR count). The Balaban J connectivity index is 0.000000450. The second-order valence-corrected chi connectivity index (χ2v) is 15.2. The Bertz CT molecular complexity index is 1410. The average Bonchev–Trinajstić information content (AvgIpc) is 3.45. The van der Waals surface area contributed by atoms with Gasteiger partial charge in [0.25, 0.3) is 17.5 Å². The lowest BCUT2D eigenvalue weighted by Gasteiger charge is -2.23. The summed E-state index contributed by atoms with van der Waals surface area (Å²) in [4.78, 5) is 59.8. The van der Waals surface area contributed by atoms with Gasteiger partial charge in [-0.1, -0.05) is 67.8 Å². The molecule has 0 fully saturated rings. The van der Waals surface area contributed by atoms with Gasteiger partial charge in [-0.05, 0) is 76.3 Å². The van der Waals surface area contributed by atoms with Gasteiger partial charge in [0.1, 0.15) is 18.2 Å². The molecule has 2 aromatic carbocycles. The second-order valence-electron chi connectivity index (χ2n) is 12.0. The van der Waals surface area contributed by atoms with Crippen LogP contribution in [0, 0.1) is 10.1 Å². The minimum absolute atomic E-state index is 0.0707. The first-order valence-corrected chi connectivity index (χ1v) is 19.9. The maximum absolute atomic E-state index is 12.0. The zero-order chi connectivity index (χ0) is 39.6. The Kier molecular flexibility index (Phi) is 23.8. The number of nitro benzene ring substituents is 1. The van der Waals surface area contributed by atoms with E-state index in [2.05, 4.69) is 43.2 Å². The molecular weight excluding hydrogens is 723 g/mol. The number of benzene rings is 2. The molecule has 0 unspecified atom stereocenters. The Labute approximate surface area is 321 Å². The van der Waals surface area contributed by atoms with Gasteiger partial charge in [0, 0.05) is 54.9 Å². The van der Waals surface area contributed by atoms with Gasteiger partial charge >= 0.3 is 6.16 Å². The molecule has 0 bridgehead atoms. The Morgan fingerprint density at radius 3 is 1.91 bits per heavy atom. The third kappa shape index (κ3) is 20.8. The van der Waals surface area contributed by atoms with Gasteiger partial charge in [0.15, 0.2) is 0 Å². The number of non-ortho nitro benzene ring substituents is 1. The van der Waals surface area contributed by atoms with Crippen LogP contribution in [0.1, 0.15) is 66.4 Å². The maximum Gasteiger partial charge on any atom is 0.519 e. The number of methoxy groups -OCH3 is 1. The molecule has 1 aliphatic heterocycles. The van der Waals surface area contributed by atoms with E-state index in [4.69, 9.17) is 14.2 Å². The van der Waals surface area contributed by atoms with Gasteiger partial charge < -0.3 is 29.7 Å². The van der Waals surface area contributed by atoms with Crippen molar-refractivity contribution in [3.05, 3.63) is 76.4 Å².